The van der Waals surface area contributed by atoms with E-state index in [1.807, 2.05) is 42.5 Å². The van der Waals surface area contributed by atoms with Crippen molar-refractivity contribution in [3.63, 3.8) is 0 Å². The van der Waals surface area contributed by atoms with Crippen LogP contribution in [0.3, 0.4) is 0 Å². The van der Waals surface area contributed by atoms with E-state index in [4.69, 9.17) is 0 Å². The van der Waals surface area contributed by atoms with Crippen molar-refractivity contribution in [2.24, 2.45) is 5.92 Å². The van der Waals surface area contributed by atoms with Crippen LogP contribution in [0.15, 0.2) is 42.5 Å². The van der Waals surface area contributed by atoms with Crippen molar-refractivity contribution in [3.8, 4) is 0 Å². The number of hydrogen-bond acceptors (Lipinski definition) is 2. The number of fused-ring (bicyclic) bond motifs is 1. The van der Waals surface area contributed by atoms with E-state index in [9.17, 15) is 9.59 Å². The molecule has 0 saturated heterocycles. The zero-order chi connectivity index (χ0) is 16.1. The number of hydrogen-bond donors (Lipinski definition) is 2. The van der Waals surface area contributed by atoms with Crippen LogP contribution in [-0.4, -0.2) is 18.4 Å². The molecule has 2 aromatic rings. The van der Waals surface area contributed by atoms with Gasteiger partial charge in [0.25, 0.3) is 0 Å². The molecule has 0 aliphatic heterocycles. The van der Waals surface area contributed by atoms with Gasteiger partial charge in [0.15, 0.2) is 0 Å². The Bertz CT molecular complexity index is 705. The second kappa shape index (κ2) is 7.27. The number of benzene rings is 2. The smallest absolute Gasteiger partial charge is 0.243 e. The summed E-state index contributed by atoms with van der Waals surface area (Å²) in [5.41, 5.74) is 0.751. The summed E-state index contributed by atoms with van der Waals surface area (Å²) in [6, 6.07) is 13.8. The maximum Gasteiger partial charge on any atom is 0.243 e. The van der Waals surface area contributed by atoms with E-state index >= 15 is 0 Å². The first-order valence-corrected chi connectivity index (χ1v) is 8.29. The molecule has 1 aliphatic rings. The molecule has 3 rings (SSSR count). The fraction of sp³-hybridized carbons (Fsp3) is 0.368. The van der Waals surface area contributed by atoms with Gasteiger partial charge in [-0.1, -0.05) is 49.6 Å². The average Bonchev–Trinajstić information content (AvgIpc) is 2.60. The standard InChI is InChI=1S/C19H22N2O2/c22-18(13-20-19(23)15-7-2-1-3-8-15)21-17-11-10-14-6-4-5-9-16(14)12-17/h4-6,9-12,15H,1-3,7-8,13H2,(H,20,23)(H,21,22). The van der Waals surface area contributed by atoms with E-state index in [2.05, 4.69) is 10.6 Å². The number of anilines is 1. The Morgan fingerprint density at radius 2 is 1.70 bits per heavy atom. The Hall–Kier alpha value is -2.36. The molecule has 1 aliphatic carbocycles. The molecule has 2 aromatic carbocycles. The van der Waals surface area contributed by atoms with E-state index in [1.165, 1.54) is 6.42 Å². The molecule has 0 unspecified atom stereocenters. The van der Waals surface area contributed by atoms with Gasteiger partial charge in [0.1, 0.15) is 0 Å². The lowest BCUT2D eigenvalue weighted by molar-refractivity contribution is -0.128. The first-order valence-electron chi connectivity index (χ1n) is 8.29. The quantitative estimate of drug-likeness (QED) is 0.908. The van der Waals surface area contributed by atoms with Gasteiger partial charge in [-0.2, -0.15) is 0 Å². The van der Waals surface area contributed by atoms with Crippen LogP contribution in [0.1, 0.15) is 32.1 Å². The zero-order valence-electron chi connectivity index (χ0n) is 13.2. The Labute approximate surface area is 136 Å². The summed E-state index contributed by atoms with van der Waals surface area (Å²) in [6.45, 7) is 0.0299. The minimum atomic E-state index is -0.190. The second-order valence-electron chi connectivity index (χ2n) is 6.16. The minimum absolute atomic E-state index is 0.0124. The van der Waals surface area contributed by atoms with Crippen LogP contribution in [0.4, 0.5) is 5.69 Å². The first-order chi connectivity index (χ1) is 11.2. The van der Waals surface area contributed by atoms with E-state index in [-0.39, 0.29) is 24.3 Å². The third kappa shape index (κ3) is 4.09. The molecular weight excluding hydrogens is 288 g/mol. The highest BCUT2D eigenvalue weighted by atomic mass is 16.2. The van der Waals surface area contributed by atoms with Crippen LogP contribution >= 0.6 is 0 Å². The van der Waals surface area contributed by atoms with E-state index < -0.39 is 0 Å². The highest BCUT2D eigenvalue weighted by molar-refractivity contribution is 5.97. The van der Waals surface area contributed by atoms with Gasteiger partial charge in [-0.25, -0.2) is 0 Å². The first kappa shape index (κ1) is 15.5. The van der Waals surface area contributed by atoms with E-state index in [0.717, 1.165) is 42.1 Å². The number of carbonyl (C=O) groups is 2. The fourth-order valence-electron chi connectivity index (χ4n) is 3.15. The highest BCUT2D eigenvalue weighted by Gasteiger charge is 2.21. The summed E-state index contributed by atoms with van der Waals surface area (Å²) in [4.78, 5) is 24.0. The van der Waals surface area contributed by atoms with Crippen LogP contribution in [0, 0.1) is 5.92 Å². The maximum atomic E-state index is 12.0. The summed E-state index contributed by atoms with van der Waals surface area (Å²) < 4.78 is 0. The van der Waals surface area contributed by atoms with Crippen molar-refractivity contribution >= 4 is 28.3 Å². The Morgan fingerprint density at radius 3 is 2.48 bits per heavy atom. The summed E-state index contributed by atoms with van der Waals surface area (Å²) in [5, 5.41) is 7.81. The third-order valence-electron chi connectivity index (χ3n) is 4.43. The van der Waals surface area contributed by atoms with Gasteiger partial charge in [0, 0.05) is 11.6 Å². The van der Waals surface area contributed by atoms with Gasteiger partial charge in [0.2, 0.25) is 11.8 Å². The van der Waals surface area contributed by atoms with Gasteiger partial charge in [-0.3, -0.25) is 9.59 Å². The van der Waals surface area contributed by atoms with Gasteiger partial charge in [0.05, 0.1) is 6.54 Å². The lowest BCUT2D eigenvalue weighted by Gasteiger charge is -2.20. The summed E-state index contributed by atoms with van der Waals surface area (Å²) >= 11 is 0. The molecule has 0 radical (unpaired) electrons. The molecule has 2 N–H and O–H groups in total. The summed E-state index contributed by atoms with van der Waals surface area (Å²) in [5.74, 6) is -0.0972. The average molecular weight is 310 g/mol. The Balaban J connectivity index is 1.52. The highest BCUT2D eigenvalue weighted by Crippen LogP contribution is 2.23. The molecule has 4 heteroatoms. The Kier molecular flexibility index (Phi) is 4.91. The van der Waals surface area contributed by atoms with Crippen molar-refractivity contribution in [1.82, 2.24) is 5.32 Å². The number of nitrogens with one attached hydrogen (secondary N) is 2. The predicted molar refractivity (Wildman–Crippen MR) is 92.2 cm³/mol. The van der Waals surface area contributed by atoms with Gasteiger partial charge in [-0.15, -0.1) is 0 Å². The SMILES string of the molecule is O=C(CNC(=O)C1CCCCC1)Nc1ccc2ccccc2c1. The topological polar surface area (TPSA) is 58.2 Å². The van der Waals surface area contributed by atoms with E-state index in [0.29, 0.717) is 0 Å². The minimum Gasteiger partial charge on any atom is -0.347 e. The molecule has 0 heterocycles. The third-order valence-corrected chi connectivity index (χ3v) is 4.43. The molecule has 1 saturated carbocycles. The normalized spacial score (nSPS) is 15.3. The number of amides is 2. The molecule has 0 atom stereocenters. The summed E-state index contributed by atoms with van der Waals surface area (Å²) in [7, 11) is 0. The molecule has 0 bridgehead atoms. The number of rotatable bonds is 4. The van der Waals surface area contributed by atoms with Gasteiger partial charge >= 0.3 is 0 Å². The molecule has 0 spiro atoms. The van der Waals surface area contributed by atoms with Crippen molar-refractivity contribution in [2.75, 3.05) is 11.9 Å². The molecule has 23 heavy (non-hydrogen) atoms. The van der Waals surface area contributed by atoms with Crippen molar-refractivity contribution < 1.29 is 9.59 Å². The fourth-order valence-corrected chi connectivity index (χ4v) is 3.15. The molecule has 0 aromatic heterocycles. The van der Waals surface area contributed by atoms with Gasteiger partial charge in [-0.05, 0) is 35.7 Å². The van der Waals surface area contributed by atoms with E-state index in [1.54, 1.807) is 0 Å². The van der Waals surface area contributed by atoms with Crippen LogP contribution < -0.4 is 10.6 Å². The van der Waals surface area contributed by atoms with Crippen molar-refractivity contribution in [1.29, 1.82) is 0 Å². The molecule has 120 valence electrons. The molecule has 4 nitrogen and oxygen atoms in total. The van der Waals surface area contributed by atoms with Crippen LogP contribution in [0.2, 0.25) is 0 Å². The van der Waals surface area contributed by atoms with Crippen molar-refractivity contribution in [2.45, 2.75) is 32.1 Å². The van der Waals surface area contributed by atoms with Crippen molar-refractivity contribution in [3.05, 3.63) is 42.5 Å². The van der Waals surface area contributed by atoms with Gasteiger partial charge < -0.3 is 10.6 Å². The molecular formula is C19H22N2O2. The predicted octanol–water partition coefficient (Wildman–Crippen LogP) is 3.47. The van der Waals surface area contributed by atoms with Crippen LogP contribution in [-0.2, 0) is 9.59 Å². The maximum absolute atomic E-state index is 12.0. The second-order valence-corrected chi connectivity index (χ2v) is 6.16. The molecule has 1 fully saturated rings. The van der Waals surface area contributed by atoms with Crippen LogP contribution in [0.5, 0.6) is 0 Å². The lowest BCUT2D eigenvalue weighted by atomic mass is 9.89. The largest absolute Gasteiger partial charge is 0.347 e. The monoisotopic (exact) mass is 310 g/mol. The van der Waals surface area contributed by atoms with Crippen LogP contribution in [0.25, 0.3) is 10.8 Å². The Morgan fingerprint density at radius 1 is 0.957 bits per heavy atom. The zero-order valence-corrected chi connectivity index (χ0v) is 13.2. The summed E-state index contributed by atoms with van der Waals surface area (Å²) in [6.07, 6.45) is 5.32. The molecule has 2 amide bonds. The number of carbonyl (C=O) groups excluding carboxylic acids is 2. The lowest BCUT2D eigenvalue weighted by Crippen LogP contribution is -2.37.